The number of hydrogen-bond donors (Lipinski definition) is 0. The van der Waals surface area contributed by atoms with E-state index in [1.54, 1.807) is 11.0 Å². The molecule has 0 spiro atoms. The molecule has 8 heteroatoms. The highest BCUT2D eigenvalue weighted by Gasteiger charge is 2.31. The van der Waals surface area contributed by atoms with E-state index in [1.165, 1.54) is 6.07 Å². The van der Waals surface area contributed by atoms with Gasteiger partial charge in [-0.25, -0.2) is 0 Å². The molecule has 32 heavy (non-hydrogen) atoms. The third kappa shape index (κ3) is 5.18. The van der Waals surface area contributed by atoms with Crippen molar-refractivity contribution in [3.63, 3.8) is 0 Å². The molecule has 1 amide bonds. The molecule has 3 aromatic rings. The maximum atomic E-state index is 12.9. The van der Waals surface area contributed by atoms with Crippen LogP contribution < -0.4 is 0 Å². The van der Waals surface area contributed by atoms with E-state index in [4.69, 9.17) is 4.52 Å². The lowest BCUT2D eigenvalue weighted by molar-refractivity contribution is -0.138. The van der Waals surface area contributed by atoms with Crippen molar-refractivity contribution in [1.82, 2.24) is 15.0 Å². The summed E-state index contributed by atoms with van der Waals surface area (Å²) in [5, 5.41) is 4.09. The van der Waals surface area contributed by atoms with Crippen LogP contribution in [0.25, 0.3) is 11.4 Å². The molecule has 1 fully saturated rings. The van der Waals surface area contributed by atoms with Crippen LogP contribution in [-0.2, 0) is 23.8 Å². The molecule has 2 heterocycles. The number of piperidine rings is 1. The van der Waals surface area contributed by atoms with Gasteiger partial charge in [-0.15, -0.1) is 0 Å². The van der Waals surface area contributed by atoms with E-state index in [2.05, 4.69) is 10.1 Å². The third-order valence-electron chi connectivity index (χ3n) is 5.80. The summed E-state index contributed by atoms with van der Waals surface area (Å²) < 4.78 is 44.2. The summed E-state index contributed by atoms with van der Waals surface area (Å²) in [6.07, 6.45) is -2.15. The van der Waals surface area contributed by atoms with Crippen LogP contribution >= 0.6 is 0 Å². The molecule has 1 aromatic heterocycles. The number of hydrogen-bond acceptors (Lipinski definition) is 4. The summed E-state index contributed by atoms with van der Waals surface area (Å²) in [6.45, 7) is 3.12. The minimum Gasteiger partial charge on any atom is -0.342 e. The van der Waals surface area contributed by atoms with Gasteiger partial charge in [0, 0.05) is 25.1 Å². The normalized spacial score (nSPS) is 16.9. The fourth-order valence-corrected chi connectivity index (χ4v) is 4.12. The van der Waals surface area contributed by atoms with Gasteiger partial charge in [-0.2, -0.15) is 18.2 Å². The molecular formula is C24H24F3N3O2. The summed E-state index contributed by atoms with van der Waals surface area (Å²) in [6, 6.07) is 12.8. The molecule has 0 radical (unpaired) electrons. The SMILES string of the molecule is Cc1ccccc1-c1noc(C[C@H]2CCCN(C(=O)Cc3cccc(C(F)(F)F)c3)C2)n1. The average Bonchev–Trinajstić information content (AvgIpc) is 3.22. The fourth-order valence-electron chi connectivity index (χ4n) is 4.12. The Kier molecular flexibility index (Phi) is 6.30. The van der Waals surface area contributed by atoms with Crippen molar-refractivity contribution in [2.24, 2.45) is 5.92 Å². The first kappa shape index (κ1) is 22.0. The minimum absolute atomic E-state index is 0.0470. The molecule has 1 aliphatic rings. The van der Waals surface area contributed by atoms with Crippen molar-refractivity contribution >= 4 is 5.91 Å². The van der Waals surface area contributed by atoms with E-state index in [9.17, 15) is 18.0 Å². The standard InChI is InChI=1S/C24H24F3N3O2/c1-16-6-2-3-10-20(16)23-28-21(32-29-23)13-18-8-5-11-30(15-18)22(31)14-17-7-4-9-19(12-17)24(25,26)27/h2-4,6-7,9-10,12,18H,5,8,11,13-15H2,1H3/t18-/m1/s1. The topological polar surface area (TPSA) is 59.2 Å². The number of benzene rings is 2. The van der Waals surface area contributed by atoms with Crippen LogP contribution in [0.5, 0.6) is 0 Å². The predicted molar refractivity (Wildman–Crippen MR) is 113 cm³/mol. The molecule has 1 aliphatic heterocycles. The van der Waals surface area contributed by atoms with Crippen LogP contribution in [0.3, 0.4) is 0 Å². The van der Waals surface area contributed by atoms with Crippen LogP contribution in [0, 0.1) is 12.8 Å². The Morgan fingerprint density at radius 2 is 2.00 bits per heavy atom. The van der Waals surface area contributed by atoms with Gasteiger partial charge in [0.15, 0.2) is 0 Å². The summed E-state index contributed by atoms with van der Waals surface area (Å²) in [4.78, 5) is 19.0. The van der Waals surface area contributed by atoms with E-state index in [0.717, 1.165) is 36.1 Å². The zero-order valence-electron chi connectivity index (χ0n) is 17.7. The Hall–Kier alpha value is -3.16. The fraction of sp³-hybridized carbons (Fsp3) is 0.375. The number of aryl methyl sites for hydroxylation is 1. The van der Waals surface area contributed by atoms with Gasteiger partial charge in [0.25, 0.3) is 0 Å². The van der Waals surface area contributed by atoms with E-state index >= 15 is 0 Å². The Morgan fingerprint density at radius 3 is 2.78 bits per heavy atom. The monoisotopic (exact) mass is 443 g/mol. The van der Waals surface area contributed by atoms with Crippen molar-refractivity contribution in [3.05, 3.63) is 71.1 Å². The van der Waals surface area contributed by atoms with Gasteiger partial charge in [-0.1, -0.05) is 47.6 Å². The zero-order valence-corrected chi connectivity index (χ0v) is 17.7. The summed E-state index contributed by atoms with van der Waals surface area (Å²) in [5.41, 5.74) is 1.61. The second-order valence-corrected chi connectivity index (χ2v) is 8.25. The smallest absolute Gasteiger partial charge is 0.342 e. The van der Waals surface area contributed by atoms with Crippen LogP contribution in [0.15, 0.2) is 53.1 Å². The summed E-state index contributed by atoms with van der Waals surface area (Å²) in [5.74, 6) is 1.08. The molecule has 168 valence electrons. The predicted octanol–water partition coefficient (Wildman–Crippen LogP) is 5.09. The highest BCUT2D eigenvalue weighted by molar-refractivity contribution is 5.79. The van der Waals surface area contributed by atoms with E-state index in [-0.39, 0.29) is 18.2 Å². The highest BCUT2D eigenvalue weighted by atomic mass is 19.4. The Balaban J connectivity index is 1.38. The van der Waals surface area contributed by atoms with E-state index < -0.39 is 11.7 Å². The Labute approximate surface area is 184 Å². The second-order valence-electron chi connectivity index (χ2n) is 8.25. The number of carbonyl (C=O) groups is 1. The van der Waals surface area contributed by atoms with Gasteiger partial charge < -0.3 is 9.42 Å². The number of aromatic nitrogens is 2. The van der Waals surface area contributed by atoms with Gasteiger partial charge in [-0.05, 0) is 42.9 Å². The molecule has 0 unspecified atom stereocenters. The zero-order chi connectivity index (χ0) is 22.7. The maximum absolute atomic E-state index is 12.9. The first-order chi connectivity index (χ1) is 15.3. The first-order valence-electron chi connectivity index (χ1n) is 10.6. The molecule has 1 atom stereocenters. The van der Waals surface area contributed by atoms with Gasteiger partial charge in [0.2, 0.25) is 17.6 Å². The molecule has 4 rings (SSSR count). The molecule has 0 aliphatic carbocycles. The van der Waals surface area contributed by atoms with E-state index in [1.807, 2.05) is 31.2 Å². The molecule has 0 bridgehead atoms. The minimum atomic E-state index is -4.42. The van der Waals surface area contributed by atoms with Crippen molar-refractivity contribution in [2.45, 2.75) is 38.8 Å². The Morgan fingerprint density at radius 1 is 1.19 bits per heavy atom. The van der Waals surface area contributed by atoms with Gasteiger partial charge in [0.1, 0.15) is 0 Å². The number of likely N-dealkylation sites (tertiary alicyclic amines) is 1. The number of rotatable bonds is 5. The van der Waals surface area contributed by atoms with Crippen molar-refractivity contribution in [1.29, 1.82) is 0 Å². The van der Waals surface area contributed by atoms with Gasteiger partial charge in [-0.3, -0.25) is 4.79 Å². The number of halogens is 3. The van der Waals surface area contributed by atoms with Crippen LogP contribution in [0.2, 0.25) is 0 Å². The lowest BCUT2D eigenvalue weighted by Crippen LogP contribution is -2.41. The average molecular weight is 443 g/mol. The van der Waals surface area contributed by atoms with Crippen LogP contribution in [0.1, 0.15) is 35.4 Å². The molecular weight excluding hydrogens is 419 g/mol. The first-order valence-corrected chi connectivity index (χ1v) is 10.6. The van der Waals surface area contributed by atoms with Crippen molar-refractivity contribution in [3.8, 4) is 11.4 Å². The van der Waals surface area contributed by atoms with Crippen molar-refractivity contribution in [2.75, 3.05) is 13.1 Å². The molecule has 2 aromatic carbocycles. The lowest BCUT2D eigenvalue weighted by atomic mass is 9.94. The quantitative estimate of drug-likeness (QED) is 0.551. The van der Waals surface area contributed by atoms with Crippen LogP contribution in [-0.4, -0.2) is 34.0 Å². The maximum Gasteiger partial charge on any atom is 0.416 e. The lowest BCUT2D eigenvalue weighted by Gasteiger charge is -2.32. The van der Waals surface area contributed by atoms with Gasteiger partial charge in [0.05, 0.1) is 12.0 Å². The number of nitrogens with zero attached hydrogens (tertiary/aromatic N) is 3. The van der Waals surface area contributed by atoms with E-state index in [0.29, 0.717) is 36.8 Å². The summed E-state index contributed by atoms with van der Waals surface area (Å²) in [7, 11) is 0. The number of carbonyl (C=O) groups excluding carboxylic acids is 1. The molecule has 0 saturated carbocycles. The second kappa shape index (κ2) is 9.14. The van der Waals surface area contributed by atoms with Crippen molar-refractivity contribution < 1.29 is 22.5 Å². The number of alkyl halides is 3. The highest BCUT2D eigenvalue weighted by Crippen LogP contribution is 2.30. The third-order valence-corrected chi connectivity index (χ3v) is 5.80. The van der Waals surface area contributed by atoms with Crippen LogP contribution in [0.4, 0.5) is 13.2 Å². The van der Waals surface area contributed by atoms with Gasteiger partial charge >= 0.3 is 6.18 Å². The summed E-state index contributed by atoms with van der Waals surface area (Å²) >= 11 is 0. The molecule has 1 saturated heterocycles. The largest absolute Gasteiger partial charge is 0.416 e. The number of amides is 1. The Bertz CT molecular complexity index is 1090. The molecule has 0 N–H and O–H groups in total. The molecule has 5 nitrogen and oxygen atoms in total.